The molecular weight excluding hydrogens is 350 g/mol. The smallest absolute Gasteiger partial charge is 0.241 e. The van der Waals surface area contributed by atoms with Crippen LogP contribution in [0.1, 0.15) is 24.0 Å². The van der Waals surface area contributed by atoms with Gasteiger partial charge in [0.1, 0.15) is 0 Å². The van der Waals surface area contributed by atoms with Crippen LogP contribution in [0.5, 0.6) is 0 Å². The van der Waals surface area contributed by atoms with Gasteiger partial charge in [-0.1, -0.05) is 36.4 Å². The topological polar surface area (TPSA) is 101 Å². The van der Waals surface area contributed by atoms with Crippen LogP contribution < -0.4 is 15.8 Å². The van der Waals surface area contributed by atoms with Crippen LogP contribution in [-0.4, -0.2) is 26.4 Å². The van der Waals surface area contributed by atoms with Crippen molar-refractivity contribution in [2.24, 2.45) is 5.73 Å². The molecule has 0 aromatic heterocycles. The molecule has 26 heavy (non-hydrogen) atoms. The average Bonchev–Trinajstić information content (AvgIpc) is 3.40. The molecule has 1 fully saturated rings. The second kappa shape index (κ2) is 7.57. The average molecular weight is 373 g/mol. The lowest BCUT2D eigenvalue weighted by molar-refractivity contribution is -0.117. The van der Waals surface area contributed by atoms with Crippen LogP contribution in [0.25, 0.3) is 0 Å². The lowest BCUT2D eigenvalue weighted by atomic mass is 10.1. The first kappa shape index (κ1) is 18.6. The molecular formula is C19H23N3O3S. The van der Waals surface area contributed by atoms with Gasteiger partial charge in [-0.05, 0) is 49.4 Å². The molecule has 6 nitrogen and oxygen atoms in total. The number of anilines is 1. The molecule has 0 bridgehead atoms. The fourth-order valence-electron chi connectivity index (χ4n) is 2.65. The van der Waals surface area contributed by atoms with Crippen LogP contribution in [0, 0.1) is 6.92 Å². The number of benzene rings is 2. The maximum atomic E-state index is 12.5. The molecule has 1 atom stereocenters. The van der Waals surface area contributed by atoms with Gasteiger partial charge < -0.3 is 11.1 Å². The minimum Gasteiger partial charge on any atom is -0.325 e. The summed E-state index contributed by atoms with van der Waals surface area (Å²) in [6.07, 6.45) is 2.14. The van der Waals surface area contributed by atoms with E-state index < -0.39 is 16.1 Å². The maximum absolute atomic E-state index is 12.5. The molecule has 0 saturated heterocycles. The molecule has 4 N–H and O–H groups in total. The third kappa shape index (κ3) is 4.69. The van der Waals surface area contributed by atoms with E-state index in [4.69, 9.17) is 5.73 Å². The summed E-state index contributed by atoms with van der Waals surface area (Å²) in [5.41, 5.74) is 8.00. The van der Waals surface area contributed by atoms with Gasteiger partial charge >= 0.3 is 0 Å². The summed E-state index contributed by atoms with van der Waals surface area (Å²) < 4.78 is 27.6. The van der Waals surface area contributed by atoms with Crippen molar-refractivity contribution in [3.8, 4) is 0 Å². The molecule has 2 aromatic carbocycles. The summed E-state index contributed by atoms with van der Waals surface area (Å²) in [7, 11) is -3.59. The van der Waals surface area contributed by atoms with E-state index >= 15 is 0 Å². The van der Waals surface area contributed by atoms with Crippen molar-refractivity contribution in [1.29, 1.82) is 0 Å². The van der Waals surface area contributed by atoms with Gasteiger partial charge in [0, 0.05) is 11.7 Å². The lowest BCUT2D eigenvalue weighted by Crippen LogP contribution is -2.37. The van der Waals surface area contributed by atoms with Crippen LogP contribution >= 0.6 is 0 Å². The number of hydrogen-bond acceptors (Lipinski definition) is 4. The standard InChI is InChI=1S/C19H23N3O3S/c1-13-7-8-16(12-18(13)26(24,25)22-15-9-10-15)21-19(23)17(20)11-14-5-3-2-4-6-14/h2-8,12,15,17,22H,9-11,20H2,1H3,(H,21,23)/t17-/m0/s1. The molecule has 0 heterocycles. The molecule has 1 amide bonds. The zero-order chi connectivity index (χ0) is 18.7. The Labute approximate surface area is 153 Å². The summed E-state index contributed by atoms with van der Waals surface area (Å²) in [6.45, 7) is 1.73. The molecule has 7 heteroatoms. The van der Waals surface area contributed by atoms with Crippen LogP contribution in [0.3, 0.4) is 0 Å². The quantitative estimate of drug-likeness (QED) is 0.690. The summed E-state index contributed by atoms with van der Waals surface area (Å²) in [5.74, 6) is -0.351. The van der Waals surface area contributed by atoms with Crippen LogP contribution in [0.15, 0.2) is 53.4 Å². The Morgan fingerprint density at radius 3 is 2.54 bits per heavy atom. The number of carbonyl (C=O) groups excluding carboxylic acids is 1. The molecule has 1 aliphatic carbocycles. The third-order valence-corrected chi connectivity index (χ3v) is 5.94. The molecule has 0 spiro atoms. The number of hydrogen-bond donors (Lipinski definition) is 3. The SMILES string of the molecule is Cc1ccc(NC(=O)[C@@H](N)Cc2ccccc2)cc1S(=O)(=O)NC1CC1. The number of amides is 1. The highest BCUT2D eigenvalue weighted by atomic mass is 32.2. The van der Waals surface area contributed by atoms with Gasteiger partial charge in [0.2, 0.25) is 15.9 Å². The number of carbonyl (C=O) groups is 1. The number of sulfonamides is 1. The van der Waals surface area contributed by atoms with E-state index in [1.165, 1.54) is 6.07 Å². The summed E-state index contributed by atoms with van der Waals surface area (Å²) >= 11 is 0. The zero-order valence-electron chi connectivity index (χ0n) is 14.6. The predicted octanol–water partition coefficient (Wildman–Crippen LogP) is 1.94. The fraction of sp³-hybridized carbons (Fsp3) is 0.316. The largest absolute Gasteiger partial charge is 0.325 e. The Morgan fingerprint density at radius 2 is 1.88 bits per heavy atom. The van der Waals surface area contributed by atoms with Crippen molar-refractivity contribution in [3.05, 3.63) is 59.7 Å². The second-order valence-electron chi connectivity index (χ2n) is 6.66. The molecule has 1 aliphatic rings. The van der Waals surface area contributed by atoms with Gasteiger partial charge in [0.05, 0.1) is 10.9 Å². The number of aryl methyl sites for hydroxylation is 1. The van der Waals surface area contributed by atoms with Gasteiger partial charge in [-0.25, -0.2) is 13.1 Å². The minimum absolute atomic E-state index is 0.0249. The van der Waals surface area contributed by atoms with Crippen molar-refractivity contribution in [2.75, 3.05) is 5.32 Å². The molecule has 2 aromatic rings. The Balaban J connectivity index is 1.71. The van der Waals surface area contributed by atoms with Crippen molar-refractivity contribution in [3.63, 3.8) is 0 Å². The Hall–Kier alpha value is -2.22. The normalized spacial score (nSPS) is 15.5. The highest BCUT2D eigenvalue weighted by Crippen LogP contribution is 2.25. The van der Waals surface area contributed by atoms with Crippen molar-refractivity contribution >= 4 is 21.6 Å². The molecule has 0 aliphatic heterocycles. The summed E-state index contributed by atoms with van der Waals surface area (Å²) in [6, 6.07) is 13.7. The predicted molar refractivity (Wildman–Crippen MR) is 101 cm³/mol. The molecule has 138 valence electrons. The summed E-state index contributed by atoms with van der Waals surface area (Å²) in [5, 5.41) is 2.71. The minimum atomic E-state index is -3.59. The maximum Gasteiger partial charge on any atom is 0.241 e. The van der Waals surface area contributed by atoms with Gasteiger partial charge in [-0.15, -0.1) is 0 Å². The zero-order valence-corrected chi connectivity index (χ0v) is 15.4. The van der Waals surface area contributed by atoms with E-state index in [1.807, 2.05) is 30.3 Å². The third-order valence-electron chi connectivity index (χ3n) is 4.28. The van der Waals surface area contributed by atoms with E-state index in [2.05, 4.69) is 10.0 Å². The van der Waals surface area contributed by atoms with Crippen LogP contribution in [0.2, 0.25) is 0 Å². The number of rotatable bonds is 7. The first-order valence-corrected chi connectivity index (χ1v) is 10.1. The lowest BCUT2D eigenvalue weighted by Gasteiger charge is -2.14. The van der Waals surface area contributed by atoms with Gasteiger partial charge in [0.15, 0.2) is 0 Å². The highest BCUT2D eigenvalue weighted by Gasteiger charge is 2.29. The molecule has 0 radical (unpaired) electrons. The monoisotopic (exact) mass is 373 g/mol. The molecule has 3 rings (SSSR count). The Kier molecular flexibility index (Phi) is 5.41. The van der Waals surface area contributed by atoms with Crippen LogP contribution in [-0.2, 0) is 21.2 Å². The van der Waals surface area contributed by atoms with E-state index in [0.717, 1.165) is 18.4 Å². The van der Waals surface area contributed by atoms with Gasteiger partial charge in [-0.2, -0.15) is 0 Å². The van der Waals surface area contributed by atoms with E-state index in [1.54, 1.807) is 19.1 Å². The van der Waals surface area contributed by atoms with E-state index in [0.29, 0.717) is 17.7 Å². The van der Waals surface area contributed by atoms with Crippen LogP contribution in [0.4, 0.5) is 5.69 Å². The first-order chi connectivity index (χ1) is 12.3. The van der Waals surface area contributed by atoms with E-state index in [-0.39, 0.29) is 16.8 Å². The first-order valence-electron chi connectivity index (χ1n) is 8.58. The molecule has 1 saturated carbocycles. The number of nitrogens with two attached hydrogens (primary N) is 1. The van der Waals surface area contributed by atoms with E-state index in [9.17, 15) is 13.2 Å². The fourth-order valence-corrected chi connectivity index (χ4v) is 4.22. The van der Waals surface area contributed by atoms with Gasteiger partial charge in [0.25, 0.3) is 0 Å². The van der Waals surface area contributed by atoms with Crippen molar-refractivity contribution < 1.29 is 13.2 Å². The van der Waals surface area contributed by atoms with Gasteiger partial charge in [-0.3, -0.25) is 4.79 Å². The Bertz CT molecular complexity index is 894. The Morgan fingerprint density at radius 1 is 1.19 bits per heavy atom. The van der Waals surface area contributed by atoms with Crippen molar-refractivity contribution in [1.82, 2.24) is 4.72 Å². The van der Waals surface area contributed by atoms with Crippen molar-refractivity contribution in [2.45, 2.75) is 43.2 Å². The summed E-state index contributed by atoms with van der Waals surface area (Å²) in [4.78, 5) is 12.5. The second-order valence-corrected chi connectivity index (χ2v) is 8.34. The number of nitrogens with one attached hydrogen (secondary N) is 2. The molecule has 0 unspecified atom stereocenters. The highest BCUT2D eigenvalue weighted by molar-refractivity contribution is 7.89.